The zero-order chi connectivity index (χ0) is 21.2. The predicted octanol–water partition coefficient (Wildman–Crippen LogP) is 1.97. The van der Waals surface area contributed by atoms with Crippen molar-refractivity contribution in [3.8, 4) is 0 Å². The zero-order valence-corrected chi connectivity index (χ0v) is 17.6. The Morgan fingerprint density at radius 3 is 2.41 bits per heavy atom. The van der Waals surface area contributed by atoms with E-state index in [1.54, 1.807) is 11.3 Å². The molecule has 7 nitrogen and oxygen atoms in total. The van der Waals surface area contributed by atoms with Gasteiger partial charge in [-0.1, -0.05) is 44.7 Å². The van der Waals surface area contributed by atoms with Crippen molar-refractivity contribution in [2.24, 2.45) is 17.4 Å². The summed E-state index contributed by atoms with van der Waals surface area (Å²) in [6.07, 6.45) is 7.23. The van der Waals surface area contributed by atoms with Gasteiger partial charge in [0.2, 0.25) is 17.7 Å². The van der Waals surface area contributed by atoms with Crippen molar-refractivity contribution >= 4 is 29.1 Å². The molecule has 1 heterocycles. The molecule has 2 rings (SSSR count). The van der Waals surface area contributed by atoms with Crippen LogP contribution in [-0.4, -0.2) is 29.8 Å². The molecule has 1 saturated carbocycles. The predicted molar refractivity (Wildman–Crippen MR) is 115 cm³/mol. The van der Waals surface area contributed by atoms with Gasteiger partial charge in [0.05, 0.1) is 0 Å². The Hall–Kier alpha value is -2.35. The average molecular weight is 421 g/mol. The van der Waals surface area contributed by atoms with E-state index < -0.39 is 23.9 Å². The molecule has 1 fully saturated rings. The number of thiophene rings is 1. The van der Waals surface area contributed by atoms with Crippen molar-refractivity contribution in [2.75, 3.05) is 0 Å². The van der Waals surface area contributed by atoms with Gasteiger partial charge >= 0.3 is 0 Å². The van der Waals surface area contributed by atoms with Crippen LogP contribution in [0.15, 0.2) is 29.8 Å². The van der Waals surface area contributed by atoms with E-state index >= 15 is 0 Å². The molecule has 1 aromatic heterocycles. The Morgan fingerprint density at radius 2 is 1.83 bits per heavy atom. The summed E-state index contributed by atoms with van der Waals surface area (Å²) in [7, 11) is 0. The van der Waals surface area contributed by atoms with Gasteiger partial charge in [0, 0.05) is 23.4 Å². The maximum absolute atomic E-state index is 13.0. The van der Waals surface area contributed by atoms with Gasteiger partial charge in [-0.15, -0.1) is 11.3 Å². The molecule has 1 unspecified atom stereocenters. The maximum atomic E-state index is 13.0. The fraction of sp³-hybridized carbons (Fsp3) is 0.571. The van der Waals surface area contributed by atoms with Crippen LogP contribution in [0.5, 0.6) is 0 Å². The van der Waals surface area contributed by atoms with Crippen LogP contribution in [0.25, 0.3) is 0 Å². The third-order valence-electron chi connectivity index (χ3n) is 5.31. The van der Waals surface area contributed by atoms with Crippen LogP contribution in [0.3, 0.4) is 0 Å². The smallest absolute Gasteiger partial charge is 0.243 e. The SMILES string of the molecule is C=C(CCC(N)=O)NC(Cc1cccs1)C(=O)N[C@@H](CC1CCCCC1)C(N)=O. The second kappa shape index (κ2) is 11.6. The number of hydrogen-bond donors (Lipinski definition) is 4. The summed E-state index contributed by atoms with van der Waals surface area (Å²) >= 11 is 1.55. The highest BCUT2D eigenvalue weighted by Crippen LogP contribution is 2.27. The van der Waals surface area contributed by atoms with Crippen molar-refractivity contribution < 1.29 is 14.4 Å². The molecule has 29 heavy (non-hydrogen) atoms. The molecule has 0 aliphatic heterocycles. The lowest BCUT2D eigenvalue weighted by Gasteiger charge is -2.27. The van der Waals surface area contributed by atoms with Gasteiger partial charge in [0.15, 0.2) is 0 Å². The van der Waals surface area contributed by atoms with Gasteiger partial charge in [-0.2, -0.15) is 0 Å². The maximum Gasteiger partial charge on any atom is 0.243 e. The van der Waals surface area contributed by atoms with E-state index in [1.807, 2.05) is 17.5 Å². The fourth-order valence-electron chi connectivity index (χ4n) is 3.71. The summed E-state index contributed by atoms with van der Waals surface area (Å²) in [4.78, 5) is 37.0. The Morgan fingerprint density at radius 1 is 1.10 bits per heavy atom. The third-order valence-corrected chi connectivity index (χ3v) is 6.21. The van der Waals surface area contributed by atoms with Crippen LogP contribution in [0.1, 0.15) is 56.2 Å². The molecule has 0 spiro atoms. The van der Waals surface area contributed by atoms with E-state index in [2.05, 4.69) is 17.2 Å². The Balaban J connectivity index is 2.01. The van der Waals surface area contributed by atoms with Crippen LogP contribution in [0.4, 0.5) is 0 Å². The first-order valence-corrected chi connectivity index (χ1v) is 11.1. The normalized spacial score (nSPS) is 16.6. The molecule has 0 radical (unpaired) electrons. The Bertz CT molecular complexity index is 699. The van der Waals surface area contributed by atoms with Crippen molar-refractivity contribution in [3.05, 3.63) is 34.7 Å². The van der Waals surface area contributed by atoms with Gasteiger partial charge in [0.25, 0.3) is 0 Å². The largest absolute Gasteiger partial charge is 0.377 e. The van der Waals surface area contributed by atoms with Crippen molar-refractivity contribution in [2.45, 2.75) is 69.9 Å². The van der Waals surface area contributed by atoms with E-state index in [9.17, 15) is 14.4 Å². The van der Waals surface area contributed by atoms with Crippen LogP contribution < -0.4 is 22.1 Å². The second-order valence-corrected chi connectivity index (χ2v) is 8.79. The lowest BCUT2D eigenvalue weighted by atomic mass is 9.84. The molecule has 6 N–H and O–H groups in total. The molecule has 2 atom stereocenters. The van der Waals surface area contributed by atoms with Crippen molar-refractivity contribution in [3.63, 3.8) is 0 Å². The quantitative estimate of drug-likeness (QED) is 0.412. The number of rotatable bonds is 12. The number of carbonyl (C=O) groups is 3. The third kappa shape index (κ3) is 8.27. The summed E-state index contributed by atoms with van der Waals surface area (Å²) in [6, 6.07) is 2.58. The highest BCUT2D eigenvalue weighted by Gasteiger charge is 2.28. The van der Waals surface area contributed by atoms with Gasteiger partial charge in [-0.05, 0) is 30.2 Å². The number of nitrogens with one attached hydrogen (secondary N) is 2. The second-order valence-electron chi connectivity index (χ2n) is 7.75. The van der Waals surface area contributed by atoms with Crippen LogP contribution in [0, 0.1) is 5.92 Å². The summed E-state index contributed by atoms with van der Waals surface area (Å²) in [5, 5.41) is 7.89. The number of carbonyl (C=O) groups excluding carboxylic acids is 3. The van der Waals surface area contributed by atoms with Crippen LogP contribution in [-0.2, 0) is 20.8 Å². The van der Waals surface area contributed by atoms with Crippen molar-refractivity contribution in [1.29, 1.82) is 0 Å². The topological polar surface area (TPSA) is 127 Å². The molecule has 160 valence electrons. The molecular formula is C21H32N4O3S. The first-order valence-electron chi connectivity index (χ1n) is 10.2. The summed E-state index contributed by atoms with van der Waals surface area (Å²) in [6.45, 7) is 3.90. The van der Waals surface area contributed by atoms with Crippen molar-refractivity contribution in [1.82, 2.24) is 10.6 Å². The average Bonchev–Trinajstić information content (AvgIpc) is 3.19. The first-order chi connectivity index (χ1) is 13.8. The van der Waals surface area contributed by atoms with Gasteiger partial charge in [-0.25, -0.2) is 0 Å². The van der Waals surface area contributed by atoms with Crippen LogP contribution >= 0.6 is 11.3 Å². The minimum atomic E-state index is -0.683. The summed E-state index contributed by atoms with van der Waals surface area (Å²) < 4.78 is 0. The number of amides is 3. The van der Waals surface area contributed by atoms with Crippen LogP contribution in [0.2, 0.25) is 0 Å². The zero-order valence-electron chi connectivity index (χ0n) is 16.8. The number of hydrogen-bond acceptors (Lipinski definition) is 5. The minimum Gasteiger partial charge on any atom is -0.377 e. The number of nitrogens with two attached hydrogens (primary N) is 2. The molecule has 1 aromatic rings. The van der Waals surface area contributed by atoms with E-state index in [-0.39, 0.29) is 12.3 Å². The van der Waals surface area contributed by atoms with E-state index in [0.717, 1.165) is 30.6 Å². The number of allylic oxidation sites excluding steroid dienone is 1. The molecule has 0 aromatic carbocycles. The number of primary amides is 2. The minimum absolute atomic E-state index is 0.158. The summed E-state index contributed by atoms with van der Waals surface area (Å²) in [5.41, 5.74) is 11.3. The molecule has 3 amide bonds. The first kappa shape index (κ1) is 22.9. The molecule has 0 saturated heterocycles. The standard InChI is InChI=1S/C21H32N4O3S/c1-14(9-10-19(22)26)24-18(13-16-8-5-11-29-16)21(28)25-17(20(23)27)12-15-6-3-2-4-7-15/h5,8,11,15,17-18,24H,1-4,6-7,9-10,12-13H2,(H2,22,26)(H2,23,27)(H,25,28)/t17-,18?/m0/s1. The van der Waals surface area contributed by atoms with Gasteiger partial charge in [-0.3, -0.25) is 14.4 Å². The molecule has 1 aliphatic rings. The lowest BCUT2D eigenvalue weighted by molar-refractivity contribution is -0.129. The molecule has 1 aliphatic carbocycles. The van der Waals surface area contributed by atoms with Gasteiger partial charge < -0.3 is 22.1 Å². The Kier molecular flexibility index (Phi) is 9.18. The molecule has 8 heteroatoms. The monoisotopic (exact) mass is 420 g/mol. The molecular weight excluding hydrogens is 388 g/mol. The van der Waals surface area contributed by atoms with E-state index in [0.29, 0.717) is 30.9 Å². The van der Waals surface area contributed by atoms with E-state index in [4.69, 9.17) is 11.5 Å². The lowest BCUT2D eigenvalue weighted by Crippen LogP contribution is -2.52. The molecule has 0 bridgehead atoms. The Labute approximate surface area is 176 Å². The summed E-state index contributed by atoms with van der Waals surface area (Å²) in [5.74, 6) is -0.811. The van der Waals surface area contributed by atoms with Gasteiger partial charge in [0.1, 0.15) is 12.1 Å². The highest BCUT2D eigenvalue weighted by molar-refractivity contribution is 7.09. The van der Waals surface area contributed by atoms with E-state index in [1.165, 1.54) is 6.42 Å². The highest BCUT2D eigenvalue weighted by atomic mass is 32.1. The fourth-order valence-corrected chi connectivity index (χ4v) is 4.46.